The summed E-state index contributed by atoms with van der Waals surface area (Å²) in [6, 6.07) is 13.4. The van der Waals surface area contributed by atoms with Crippen LogP contribution in [0.3, 0.4) is 0 Å². The molecule has 186 valence electrons. The molecule has 1 saturated heterocycles. The van der Waals surface area contributed by atoms with Gasteiger partial charge < -0.3 is 14.6 Å². The van der Waals surface area contributed by atoms with Crippen LogP contribution in [0.5, 0.6) is 5.75 Å². The largest absolute Gasteiger partial charge is 0.497 e. The summed E-state index contributed by atoms with van der Waals surface area (Å²) in [4.78, 5) is 17.6. The van der Waals surface area contributed by atoms with Crippen LogP contribution in [0.25, 0.3) is 11.4 Å². The molecule has 1 aromatic heterocycles. The molecule has 0 radical (unpaired) electrons. The zero-order valence-corrected chi connectivity index (χ0v) is 21.1. The highest BCUT2D eigenvalue weighted by Gasteiger charge is 2.33. The zero-order chi connectivity index (χ0) is 25.2. The summed E-state index contributed by atoms with van der Waals surface area (Å²) in [5.74, 6) is 0.973. The number of hydrogen-bond acceptors (Lipinski definition) is 7. The Balaban J connectivity index is 1.41. The normalized spacial score (nSPS) is 17.2. The fourth-order valence-electron chi connectivity index (χ4n) is 3.86. The number of carbonyl (C=O) groups excluding carboxylic acids is 1. The third kappa shape index (κ3) is 5.54. The molecular weight excluding hydrogens is 468 g/mol. The molecule has 2 heterocycles. The first-order valence-electron chi connectivity index (χ1n) is 11.5. The van der Waals surface area contributed by atoms with Gasteiger partial charge in [0, 0.05) is 29.8 Å². The summed E-state index contributed by atoms with van der Waals surface area (Å²) in [6.07, 6.45) is 1.23. The zero-order valence-electron chi connectivity index (χ0n) is 20.3. The van der Waals surface area contributed by atoms with Crippen LogP contribution in [-0.4, -0.2) is 49.0 Å². The van der Waals surface area contributed by atoms with Crippen molar-refractivity contribution in [1.29, 1.82) is 0 Å². The second-order valence-corrected chi connectivity index (χ2v) is 11.6. The van der Waals surface area contributed by atoms with Gasteiger partial charge in [0.2, 0.25) is 27.6 Å². The van der Waals surface area contributed by atoms with Gasteiger partial charge in [-0.1, -0.05) is 25.9 Å². The van der Waals surface area contributed by atoms with E-state index in [1.54, 1.807) is 24.3 Å². The highest BCUT2D eigenvalue weighted by molar-refractivity contribution is 7.89. The highest BCUT2D eigenvalue weighted by Crippen LogP contribution is 2.27. The van der Waals surface area contributed by atoms with Gasteiger partial charge in [-0.05, 0) is 61.4 Å². The summed E-state index contributed by atoms with van der Waals surface area (Å²) >= 11 is 0. The van der Waals surface area contributed by atoms with Crippen LogP contribution >= 0.6 is 0 Å². The number of aromatic nitrogens is 2. The third-order valence-electron chi connectivity index (χ3n) is 5.93. The standard InChI is InChI=1S/C25H30N4O5S/c1-25(2,3)24-27-22(28-34-24)17-7-9-19(10-8-17)26-23(30)18-6-5-15-29(16-18)35(31,32)21-13-11-20(33-4)12-14-21/h7-14,18H,5-6,15-16H2,1-4H3,(H,26,30). The predicted molar refractivity (Wildman–Crippen MR) is 132 cm³/mol. The fourth-order valence-corrected chi connectivity index (χ4v) is 5.39. The maximum absolute atomic E-state index is 13.1. The second kappa shape index (κ2) is 9.79. The van der Waals surface area contributed by atoms with Crippen molar-refractivity contribution < 1.29 is 22.5 Å². The molecule has 3 aromatic rings. The molecule has 4 rings (SSSR count). The molecule has 10 heteroatoms. The van der Waals surface area contributed by atoms with Gasteiger partial charge in [0.05, 0.1) is 17.9 Å². The Kier molecular flexibility index (Phi) is 6.95. The number of methoxy groups -OCH3 is 1. The van der Waals surface area contributed by atoms with Gasteiger partial charge in [-0.25, -0.2) is 8.42 Å². The molecule has 1 unspecified atom stereocenters. The number of hydrogen-bond donors (Lipinski definition) is 1. The molecular formula is C25H30N4O5S. The molecule has 0 saturated carbocycles. The Bertz CT molecular complexity index is 1280. The first kappa shape index (κ1) is 24.9. The van der Waals surface area contributed by atoms with Crippen molar-refractivity contribution in [2.24, 2.45) is 5.92 Å². The number of carbonyl (C=O) groups is 1. The summed E-state index contributed by atoms with van der Waals surface area (Å²) in [5, 5.41) is 6.95. The number of sulfonamides is 1. The first-order chi connectivity index (χ1) is 16.6. The van der Waals surface area contributed by atoms with Crippen molar-refractivity contribution in [3.05, 3.63) is 54.4 Å². The average molecular weight is 499 g/mol. The lowest BCUT2D eigenvalue weighted by atomic mass is 9.97. The first-order valence-corrected chi connectivity index (χ1v) is 12.9. The Morgan fingerprint density at radius 2 is 1.80 bits per heavy atom. The minimum Gasteiger partial charge on any atom is -0.497 e. The van der Waals surface area contributed by atoms with Gasteiger partial charge in [0.1, 0.15) is 5.75 Å². The number of nitrogens with one attached hydrogen (secondary N) is 1. The molecule has 1 aliphatic rings. The van der Waals surface area contributed by atoms with Crippen molar-refractivity contribution in [3.63, 3.8) is 0 Å². The maximum Gasteiger partial charge on any atom is 0.243 e. The van der Waals surface area contributed by atoms with Crippen LogP contribution < -0.4 is 10.1 Å². The monoisotopic (exact) mass is 498 g/mol. The lowest BCUT2D eigenvalue weighted by Crippen LogP contribution is -2.43. The third-order valence-corrected chi connectivity index (χ3v) is 7.81. The summed E-state index contributed by atoms with van der Waals surface area (Å²) in [6.45, 7) is 6.51. The summed E-state index contributed by atoms with van der Waals surface area (Å²) in [7, 11) is -2.17. The van der Waals surface area contributed by atoms with E-state index in [4.69, 9.17) is 9.26 Å². The molecule has 2 aromatic carbocycles. The maximum atomic E-state index is 13.1. The predicted octanol–water partition coefficient (Wildman–Crippen LogP) is 4.08. The lowest BCUT2D eigenvalue weighted by Gasteiger charge is -2.31. The van der Waals surface area contributed by atoms with Crippen LogP contribution in [0, 0.1) is 5.92 Å². The van der Waals surface area contributed by atoms with Crippen LogP contribution in [0.4, 0.5) is 5.69 Å². The van der Waals surface area contributed by atoms with Crippen molar-refractivity contribution >= 4 is 21.6 Å². The second-order valence-electron chi connectivity index (χ2n) is 9.62. The van der Waals surface area contributed by atoms with Crippen LogP contribution in [0.15, 0.2) is 57.9 Å². The van der Waals surface area contributed by atoms with E-state index in [1.807, 2.05) is 32.9 Å². The highest BCUT2D eigenvalue weighted by atomic mass is 32.2. The van der Waals surface area contributed by atoms with Crippen molar-refractivity contribution in [1.82, 2.24) is 14.4 Å². The van der Waals surface area contributed by atoms with Crippen molar-refractivity contribution in [3.8, 4) is 17.1 Å². The Hall–Kier alpha value is -3.24. The molecule has 1 amide bonds. The number of anilines is 1. The van der Waals surface area contributed by atoms with E-state index in [1.165, 1.54) is 23.5 Å². The Morgan fingerprint density at radius 1 is 1.11 bits per heavy atom. The van der Waals surface area contributed by atoms with E-state index in [0.29, 0.717) is 42.5 Å². The van der Waals surface area contributed by atoms with Crippen LogP contribution in [0.1, 0.15) is 39.5 Å². The number of rotatable bonds is 6. The van der Waals surface area contributed by atoms with Crippen molar-refractivity contribution in [2.45, 2.75) is 43.9 Å². The van der Waals surface area contributed by atoms with Gasteiger partial charge in [-0.2, -0.15) is 9.29 Å². The molecule has 1 aliphatic heterocycles. The average Bonchev–Trinajstić information content (AvgIpc) is 3.36. The van der Waals surface area contributed by atoms with E-state index in [2.05, 4.69) is 15.5 Å². The number of benzene rings is 2. The van der Waals surface area contributed by atoms with Gasteiger partial charge in [-0.15, -0.1) is 0 Å². The van der Waals surface area contributed by atoms with E-state index >= 15 is 0 Å². The molecule has 1 atom stereocenters. The number of amides is 1. The van der Waals surface area contributed by atoms with Gasteiger partial charge >= 0.3 is 0 Å². The topological polar surface area (TPSA) is 115 Å². The fraction of sp³-hybridized carbons (Fsp3) is 0.400. The number of nitrogens with zero attached hydrogens (tertiary/aromatic N) is 3. The minimum atomic E-state index is -3.70. The Labute approximate surface area is 205 Å². The molecule has 9 nitrogen and oxygen atoms in total. The van der Waals surface area contributed by atoms with Crippen molar-refractivity contribution in [2.75, 3.05) is 25.5 Å². The van der Waals surface area contributed by atoms with E-state index in [0.717, 1.165) is 5.56 Å². The van der Waals surface area contributed by atoms with Crippen LogP contribution in [-0.2, 0) is 20.2 Å². The molecule has 0 spiro atoms. The molecule has 0 aliphatic carbocycles. The lowest BCUT2D eigenvalue weighted by molar-refractivity contribution is -0.120. The van der Waals surface area contributed by atoms with E-state index < -0.39 is 15.9 Å². The molecule has 1 fully saturated rings. The summed E-state index contributed by atoms with van der Waals surface area (Å²) in [5.41, 5.74) is 1.15. The summed E-state index contributed by atoms with van der Waals surface area (Å²) < 4.78 is 38.0. The molecule has 0 bridgehead atoms. The van der Waals surface area contributed by atoms with Crippen LogP contribution in [0.2, 0.25) is 0 Å². The van der Waals surface area contributed by atoms with Gasteiger partial charge in [-0.3, -0.25) is 4.79 Å². The van der Waals surface area contributed by atoms with E-state index in [-0.39, 0.29) is 22.8 Å². The molecule has 35 heavy (non-hydrogen) atoms. The van der Waals surface area contributed by atoms with Gasteiger partial charge in [0.25, 0.3) is 0 Å². The van der Waals surface area contributed by atoms with Gasteiger partial charge in [0.15, 0.2) is 0 Å². The Morgan fingerprint density at radius 3 is 2.40 bits per heavy atom. The smallest absolute Gasteiger partial charge is 0.243 e. The minimum absolute atomic E-state index is 0.136. The van der Waals surface area contributed by atoms with E-state index in [9.17, 15) is 13.2 Å². The quantitative estimate of drug-likeness (QED) is 0.544. The molecule has 1 N–H and O–H groups in total. The number of piperidine rings is 1. The SMILES string of the molecule is COc1ccc(S(=O)(=O)N2CCCC(C(=O)Nc3ccc(-c4noc(C(C)(C)C)n4)cc3)C2)cc1. The number of ether oxygens (including phenoxy) is 1.